The highest BCUT2D eigenvalue weighted by molar-refractivity contribution is 6.10. The van der Waals surface area contributed by atoms with Crippen LogP contribution in [-0.4, -0.2) is 18.4 Å². The van der Waals surface area contributed by atoms with E-state index in [1.807, 2.05) is 24.3 Å². The minimum Gasteiger partial charge on any atom is -0.496 e. The molecular formula is C20H21NO2. The van der Waals surface area contributed by atoms with E-state index in [0.29, 0.717) is 11.3 Å². The van der Waals surface area contributed by atoms with Crippen LogP contribution in [0.25, 0.3) is 5.70 Å². The minimum atomic E-state index is -0.0821. The number of fused-ring (bicyclic) bond motifs is 1. The minimum absolute atomic E-state index is 0.0579. The lowest BCUT2D eigenvalue weighted by atomic mass is 9.85. The van der Waals surface area contributed by atoms with Crippen molar-refractivity contribution in [3.8, 4) is 5.75 Å². The molecule has 0 atom stereocenters. The molecule has 23 heavy (non-hydrogen) atoms. The van der Waals surface area contributed by atoms with Gasteiger partial charge in [-0.05, 0) is 38.0 Å². The van der Waals surface area contributed by atoms with Crippen LogP contribution in [0.3, 0.4) is 0 Å². The molecule has 0 radical (unpaired) electrons. The number of nitrogens with one attached hydrogen (secondary N) is 1. The first-order valence-electron chi connectivity index (χ1n) is 7.76. The molecule has 0 amide bonds. The Kier molecular flexibility index (Phi) is 3.95. The van der Waals surface area contributed by atoms with Crippen LogP contribution in [0.15, 0.2) is 54.6 Å². The number of carbonyl (C=O) groups excluding carboxylic acids is 1. The maximum atomic E-state index is 12.7. The Morgan fingerprint density at radius 3 is 2.61 bits per heavy atom. The van der Waals surface area contributed by atoms with Crippen LogP contribution in [0.4, 0.5) is 0 Å². The molecule has 0 unspecified atom stereocenters. The van der Waals surface area contributed by atoms with Gasteiger partial charge in [0.25, 0.3) is 0 Å². The average molecular weight is 307 g/mol. The number of ether oxygens (including phenoxy) is 1. The molecule has 118 valence electrons. The van der Waals surface area contributed by atoms with Crippen molar-refractivity contribution in [3.63, 3.8) is 0 Å². The van der Waals surface area contributed by atoms with Gasteiger partial charge < -0.3 is 10.1 Å². The van der Waals surface area contributed by atoms with Gasteiger partial charge in [-0.15, -0.1) is 0 Å². The molecule has 1 aliphatic heterocycles. The number of hydrogen-bond donors (Lipinski definition) is 1. The number of para-hydroxylation sites is 1. The Labute approximate surface area is 137 Å². The molecule has 0 saturated carbocycles. The normalized spacial score (nSPS) is 17.3. The van der Waals surface area contributed by atoms with E-state index in [1.54, 1.807) is 25.3 Å². The fourth-order valence-corrected chi connectivity index (χ4v) is 3.06. The second-order valence-corrected chi connectivity index (χ2v) is 6.47. The summed E-state index contributed by atoms with van der Waals surface area (Å²) in [5, 5.41) is 3.49. The quantitative estimate of drug-likeness (QED) is 0.691. The Bertz CT molecular complexity index is 775. The summed E-state index contributed by atoms with van der Waals surface area (Å²) in [4.78, 5) is 12.7. The van der Waals surface area contributed by atoms with Gasteiger partial charge >= 0.3 is 0 Å². The Balaban J connectivity index is 2.03. The predicted octanol–water partition coefficient (Wildman–Crippen LogP) is 3.84. The first-order chi connectivity index (χ1) is 11.0. The molecular weight excluding hydrogens is 286 g/mol. The van der Waals surface area contributed by atoms with E-state index < -0.39 is 0 Å². The molecule has 0 bridgehead atoms. The molecule has 2 aromatic rings. The van der Waals surface area contributed by atoms with Crippen molar-refractivity contribution in [2.75, 3.05) is 7.11 Å². The van der Waals surface area contributed by atoms with Crippen molar-refractivity contribution in [3.05, 3.63) is 71.3 Å². The summed E-state index contributed by atoms with van der Waals surface area (Å²) in [6.45, 7) is 4.29. The number of methoxy groups -OCH3 is 1. The molecule has 2 aromatic carbocycles. The SMILES string of the molecule is COc1ccccc1C(=O)/C=C1\NC(C)(C)Cc2ccccc21. The topological polar surface area (TPSA) is 38.3 Å². The van der Waals surface area contributed by atoms with Crippen molar-refractivity contribution < 1.29 is 9.53 Å². The standard InChI is InChI=1S/C20H21NO2/c1-20(2)13-14-8-4-5-9-15(14)17(21-20)12-18(22)16-10-6-7-11-19(16)23-3/h4-12,21H,13H2,1-3H3/b17-12-. The van der Waals surface area contributed by atoms with Gasteiger partial charge in [0.1, 0.15) is 5.75 Å². The fraction of sp³-hybridized carbons (Fsp3) is 0.250. The number of hydrogen-bond acceptors (Lipinski definition) is 3. The number of carbonyl (C=O) groups is 1. The lowest BCUT2D eigenvalue weighted by Crippen LogP contribution is -2.43. The van der Waals surface area contributed by atoms with Crippen LogP contribution in [0.5, 0.6) is 5.75 Å². The van der Waals surface area contributed by atoms with E-state index >= 15 is 0 Å². The Morgan fingerprint density at radius 1 is 1.13 bits per heavy atom. The molecule has 1 aliphatic rings. The summed E-state index contributed by atoms with van der Waals surface area (Å²) < 4.78 is 5.30. The van der Waals surface area contributed by atoms with Gasteiger partial charge in [-0.25, -0.2) is 0 Å². The molecule has 1 heterocycles. The highest BCUT2D eigenvalue weighted by Crippen LogP contribution is 2.30. The first kappa shape index (κ1) is 15.3. The Morgan fingerprint density at radius 2 is 1.83 bits per heavy atom. The number of ketones is 1. The van der Waals surface area contributed by atoms with Crippen LogP contribution in [0, 0.1) is 0 Å². The van der Waals surface area contributed by atoms with Crippen LogP contribution in [-0.2, 0) is 6.42 Å². The smallest absolute Gasteiger partial charge is 0.191 e. The molecule has 0 aliphatic carbocycles. The molecule has 0 aromatic heterocycles. The predicted molar refractivity (Wildman–Crippen MR) is 92.7 cm³/mol. The van der Waals surface area contributed by atoms with Crippen LogP contribution in [0.1, 0.15) is 35.3 Å². The lowest BCUT2D eigenvalue weighted by molar-refractivity contribution is 0.104. The van der Waals surface area contributed by atoms with Crippen molar-refractivity contribution in [2.24, 2.45) is 0 Å². The summed E-state index contributed by atoms with van der Waals surface area (Å²) in [5.74, 6) is 0.537. The fourth-order valence-electron chi connectivity index (χ4n) is 3.06. The van der Waals surface area contributed by atoms with Gasteiger partial charge in [0.15, 0.2) is 5.78 Å². The molecule has 1 N–H and O–H groups in total. The van der Waals surface area contributed by atoms with E-state index in [4.69, 9.17) is 4.74 Å². The molecule has 3 heteroatoms. The third kappa shape index (κ3) is 3.14. The average Bonchev–Trinajstić information content (AvgIpc) is 2.53. The highest BCUT2D eigenvalue weighted by atomic mass is 16.5. The molecule has 0 spiro atoms. The molecule has 3 nitrogen and oxygen atoms in total. The van der Waals surface area contributed by atoms with Crippen LogP contribution >= 0.6 is 0 Å². The van der Waals surface area contributed by atoms with Crippen molar-refractivity contribution in [1.82, 2.24) is 5.32 Å². The van der Waals surface area contributed by atoms with Gasteiger partial charge in [0, 0.05) is 22.9 Å². The molecule has 0 fully saturated rings. The largest absolute Gasteiger partial charge is 0.496 e. The zero-order valence-electron chi connectivity index (χ0n) is 13.7. The summed E-state index contributed by atoms with van der Waals surface area (Å²) >= 11 is 0. The molecule has 3 rings (SSSR count). The number of benzene rings is 2. The van der Waals surface area contributed by atoms with Crippen molar-refractivity contribution in [2.45, 2.75) is 25.8 Å². The van der Waals surface area contributed by atoms with E-state index in [1.165, 1.54) is 5.56 Å². The number of rotatable bonds is 3. The van der Waals surface area contributed by atoms with Gasteiger partial charge in [-0.2, -0.15) is 0 Å². The first-order valence-corrected chi connectivity index (χ1v) is 7.76. The summed E-state index contributed by atoms with van der Waals surface area (Å²) in [6.07, 6.45) is 2.61. The zero-order chi connectivity index (χ0) is 16.4. The third-order valence-corrected chi connectivity index (χ3v) is 4.06. The second-order valence-electron chi connectivity index (χ2n) is 6.47. The van der Waals surface area contributed by atoms with Crippen LogP contribution in [0.2, 0.25) is 0 Å². The summed E-state index contributed by atoms with van der Waals surface area (Å²) in [7, 11) is 1.58. The van der Waals surface area contributed by atoms with Crippen molar-refractivity contribution >= 4 is 11.5 Å². The summed E-state index contributed by atoms with van der Waals surface area (Å²) in [6, 6.07) is 15.5. The van der Waals surface area contributed by atoms with Gasteiger partial charge in [-0.1, -0.05) is 36.4 Å². The monoisotopic (exact) mass is 307 g/mol. The van der Waals surface area contributed by atoms with Crippen LogP contribution < -0.4 is 10.1 Å². The zero-order valence-corrected chi connectivity index (χ0v) is 13.7. The van der Waals surface area contributed by atoms with Gasteiger partial charge in [-0.3, -0.25) is 4.79 Å². The van der Waals surface area contributed by atoms with E-state index in [-0.39, 0.29) is 11.3 Å². The highest BCUT2D eigenvalue weighted by Gasteiger charge is 2.27. The lowest BCUT2D eigenvalue weighted by Gasteiger charge is -2.35. The third-order valence-electron chi connectivity index (χ3n) is 4.06. The van der Waals surface area contributed by atoms with E-state index in [9.17, 15) is 4.79 Å². The molecule has 0 saturated heterocycles. The second kappa shape index (κ2) is 5.92. The van der Waals surface area contributed by atoms with Gasteiger partial charge in [0.05, 0.1) is 12.7 Å². The Hall–Kier alpha value is -2.55. The van der Waals surface area contributed by atoms with E-state index in [0.717, 1.165) is 17.7 Å². The summed E-state index contributed by atoms with van der Waals surface area (Å²) in [5.41, 5.74) is 3.71. The maximum Gasteiger partial charge on any atom is 0.191 e. The van der Waals surface area contributed by atoms with Crippen molar-refractivity contribution in [1.29, 1.82) is 0 Å². The number of allylic oxidation sites excluding steroid dienone is 1. The maximum absolute atomic E-state index is 12.7. The van der Waals surface area contributed by atoms with E-state index in [2.05, 4.69) is 31.3 Å². The van der Waals surface area contributed by atoms with Gasteiger partial charge in [0.2, 0.25) is 0 Å².